The number of aliphatic hydroxyl groups excluding tert-OH is 10. The summed E-state index contributed by atoms with van der Waals surface area (Å²) in [4.78, 5) is 110. The van der Waals surface area contributed by atoms with E-state index in [1.54, 1.807) is 12.1 Å². The fourth-order valence-corrected chi connectivity index (χ4v) is 14.4. The highest BCUT2D eigenvalue weighted by Crippen LogP contribution is 2.34. The van der Waals surface area contributed by atoms with Crippen molar-refractivity contribution in [2.24, 2.45) is 5.92 Å². The Balaban J connectivity index is 0.968. The number of nitrogens with zero attached hydrogens (tertiary/aromatic N) is 6. The minimum atomic E-state index is -2.14. The SMILES string of the molecule is C[C@@H](O)[C@@H]1NC(=O)C(NC(=O)c2ccc(-c3nnc(-c4ccc(N5CCN(C6CCCCC6)CC5)cc4)s3)cc2)C[C@@H](O)CNC(=O)[C@@H]2[C@@H](O)[C@@H](C)CN2C(=O)[C@H]([C@H](O)CCNC(CO)CO)NC(=O)[C@H]([C@H](O)Cc2ccc(O)c(OCCNC(CO)CO)c2)NC(=O)[C@@H]2C[C@@H](O)CN2C1=O. The van der Waals surface area contributed by atoms with E-state index >= 15 is 4.79 Å². The molecule has 0 bridgehead atoms. The first-order valence-electron chi connectivity index (χ1n) is 34.6. The summed E-state index contributed by atoms with van der Waals surface area (Å²) in [5.74, 6) is -9.17. The van der Waals surface area contributed by atoms with Crippen LogP contribution in [0.25, 0.3) is 21.1 Å². The fourth-order valence-electron chi connectivity index (χ4n) is 13.5. The van der Waals surface area contributed by atoms with Crippen molar-refractivity contribution in [3.8, 4) is 32.6 Å². The zero-order chi connectivity index (χ0) is 72.6. The van der Waals surface area contributed by atoms with Crippen LogP contribution in [0, 0.1) is 5.92 Å². The maximum Gasteiger partial charge on any atom is 0.251 e. The second-order valence-electron chi connectivity index (χ2n) is 26.8. The van der Waals surface area contributed by atoms with Gasteiger partial charge in [-0.05, 0) is 86.8 Å². The molecule has 1 saturated carbocycles. The number of nitrogens with one attached hydrogen (secondary N) is 7. The van der Waals surface area contributed by atoms with Gasteiger partial charge < -0.3 is 113 Å². The predicted octanol–water partition coefficient (Wildman–Crippen LogP) is -4.36. The minimum absolute atomic E-state index is 0.0263. The molecule has 1 aliphatic carbocycles. The summed E-state index contributed by atoms with van der Waals surface area (Å²) in [6, 6.07) is 6.04. The van der Waals surface area contributed by atoms with Crippen LogP contribution in [-0.4, -0.2) is 305 Å². The van der Waals surface area contributed by atoms with Crippen LogP contribution in [0.1, 0.15) is 81.1 Å². The van der Waals surface area contributed by atoms with Gasteiger partial charge >= 0.3 is 0 Å². The van der Waals surface area contributed by atoms with Crippen molar-refractivity contribution in [1.82, 2.24) is 62.1 Å². The lowest BCUT2D eigenvalue weighted by Gasteiger charge is -2.41. The second kappa shape index (κ2) is 36.5. The van der Waals surface area contributed by atoms with Gasteiger partial charge in [0.2, 0.25) is 35.4 Å². The summed E-state index contributed by atoms with van der Waals surface area (Å²) >= 11 is 1.34. The number of aromatic hydroxyl groups is 1. The van der Waals surface area contributed by atoms with Gasteiger partial charge in [-0.1, -0.05) is 55.7 Å². The molecule has 9 rings (SSSR count). The Labute approximate surface area is 588 Å². The summed E-state index contributed by atoms with van der Waals surface area (Å²) < 4.78 is 5.72. The van der Waals surface area contributed by atoms with Crippen molar-refractivity contribution in [1.29, 1.82) is 0 Å². The largest absolute Gasteiger partial charge is 0.504 e. The highest BCUT2D eigenvalue weighted by Gasteiger charge is 2.50. The summed E-state index contributed by atoms with van der Waals surface area (Å²) in [6.45, 7) is 2.95. The molecule has 4 aliphatic heterocycles. The Morgan fingerprint density at radius 1 is 0.673 bits per heavy atom. The molecule has 7 amide bonds. The van der Waals surface area contributed by atoms with Crippen LogP contribution in [0.5, 0.6) is 11.5 Å². The van der Waals surface area contributed by atoms with Crippen molar-refractivity contribution in [2.75, 3.05) is 96.8 Å². The predicted molar refractivity (Wildman–Crippen MR) is 366 cm³/mol. The number of β-amino-alcohol motifs (C(OH)–C–C–N with tert-alkyl or cyclic N) is 1. The number of anilines is 1. The molecular weight excluding hydrogens is 1330 g/mol. The zero-order valence-electron chi connectivity index (χ0n) is 56.6. The van der Waals surface area contributed by atoms with Gasteiger partial charge in [-0.2, -0.15) is 0 Å². The zero-order valence-corrected chi connectivity index (χ0v) is 57.4. The first-order chi connectivity index (χ1) is 48.5. The van der Waals surface area contributed by atoms with E-state index in [1.807, 2.05) is 12.1 Å². The van der Waals surface area contributed by atoms with Crippen LogP contribution in [-0.2, 0) is 35.2 Å². The van der Waals surface area contributed by atoms with Crippen LogP contribution in [0.2, 0.25) is 0 Å². The van der Waals surface area contributed by atoms with Crippen molar-refractivity contribution >= 4 is 58.4 Å². The summed E-state index contributed by atoms with van der Waals surface area (Å²) in [6.07, 6.45) is -6.05. The van der Waals surface area contributed by atoms with E-state index in [1.165, 1.54) is 80.7 Å². The molecule has 1 aromatic heterocycles. The number of carbonyl (C=O) groups excluding carboxylic acids is 7. The number of aliphatic hydroxyl groups is 10. The number of phenolic OH excluding ortho intramolecular Hbond substituents is 1. The molecule has 0 spiro atoms. The third-order valence-electron chi connectivity index (χ3n) is 19.5. The Bertz CT molecular complexity index is 3410. The molecule has 5 aliphatic rings. The maximum absolute atomic E-state index is 15.1. The van der Waals surface area contributed by atoms with Gasteiger partial charge in [0.05, 0.1) is 75.1 Å². The molecule has 4 saturated heterocycles. The molecule has 4 aromatic rings. The third-order valence-corrected chi connectivity index (χ3v) is 20.5. The number of aromatic nitrogens is 2. The first-order valence-corrected chi connectivity index (χ1v) is 35.4. The van der Waals surface area contributed by atoms with E-state index in [0.717, 1.165) is 54.2 Å². The van der Waals surface area contributed by atoms with Gasteiger partial charge in [-0.25, -0.2) is 0 Å². The molecule has 3 aromatic carbocycles. The lowest BCUT2D eigenvalue weighted by molar-refractivity contribution is -0.147. The molecule has 33 heteroatoms. The molecule has 1 unspecified atom stereocenters. The van der Waals surface area contributed by atoms with Gasteiger partial charge in [0.25, 0.3) is 5.91 Å². The standard InChI is InChI=1S/C68H97N13O19S/c1-37-31-81-58(59(37)92)64(97)71-30-47(87)28-49(72-60(93)40-9-11-41(12-10-40)65-76-77-66(101-65)42-13-15-46(16-14-42)79-23-21-78(22-24-79)45-6-4-3-5-7-45)61(94)73-55(38(2)86)67(98)80-32-48(88)29-50(80)62(95)74-56(63(96)75-57(68(81)99)52(90)18-19-69-43(33-82)34-83)53(91)26-39-8-17-51(89)54(27-39)100-25-20-70-44(35-84)36-85/h8-17,27,37-38,43-45,47-50,52-53,55-59,69-70,82-92H,3-7,18-26,28-36H2,1-2H3,(H,71,97)(H,72,93)(H,73,94)(H,74,95)(H,75,96)/t37-,38+,47+,48+,49?,50-,52+,53+,55-,56-,57-,58-,59-/m0/s1. The molecule has 18 N–H and O–H groups in total. The van der Waals surface area contributed by atoms with Gasteiger partial charge in [-0.15, -0.1) is 10.2 Å². The molecule has 13 atom stereocenters. The Morgan fingerprint density at radius 2 is 1.28 bits per heavy atom. The van der Waals surface area contributed by atoms with Crippen LogP contribution >= 0.6 is 11.3 Å². The van der Waals surface area contributed by atoms with Crippen LogP contribution in [0.3, 0.4) is 0 Å². The van der Waals surface area contributed by atoms with E-state index < -0.39 is 184 Å². The minimum Gasteiger partial charge on any atom is -0.504 e. The lowest BCUT2D eigenvalue weighted by atomic mass is 9.94. The highest BCUT2D eigenvalue weighted by atomic mass is 32.1. The average Bonchev–Trinajstić information content (AvgIpc) is 1.66. The Kier molecular flexibility index (Phi) is 28.0. The Hall–Kier alpha value is -7.61. The number of amides is 7. The first kappa shape index (κ1) is 77.5. The second-order valence-corrected chi connectivity index (χ2v) is 27.8. The van der Waals surface area contributed by atoms with E-state index in [0.29, 0.717) is 21.6 Å². The summed E-state index contributed by atoms with van der Waals surface area (Å²) in [5, 5.41) is 147. The molecule has 5 fully saturated rings. The monoisotopic (exact) mass is 1430 g/mol. The Morgan fingerprint density at radius 3 is 1.91 bits per heavy atom. The van der Waals surface area contributed by atoms with Crippen LogP contribution < -0.4 is 46.9 Å². The number of hydrogen-bond donors (Lipinski definition) is 18. The molecule has 5 heterocycles. The van der Waals surface area contributed by atoms with E-state index in [4.69, 9.17) is 4.74 Å². The van der Waals surface area contributed by atoms with E-state index in [-0.39, 0.29) is 62.1 Å². The van der Waals surface area contributed by atoms with Crippen LogP contribution in [0.4, 0.5) is 5.69 Å². The van der Waals surface area contributed by atoms with Gasteiger partial charge in [0.15, 0.2) is 11.5 Å². The molecule has 0 radical (unpaired) electrons. The molecular formula is C68H97N13O19S. The smallest absolute Gasteiger partial charge is 0.251 e. The number of rotatable bonds is 24. The number of carbonyl (C=O) groups is 7. The average molecular weight is 1430 g/mol. The third kappa shape index (κ3) is 20.0. The fraction of sp³-hybridized carbons (Fsp3) is 0.603. The number of phenols is 1. The van der Waals surface area contributed by atoms with Gasteiger partial charge in [0, 0.05) is 106 Å². The molecule has 554 valence electrons. The number of benzene rings is 3. The number of fused-ring (bicyclic) bond motifs is 2. The van der Waals surface area contributed by atoms with Gasteiger partial charge in [-0.3, -0.25) is 38.5 Å². The number of piperazine rings is 1. The molecule has 101 heavy (non-hydrogen) atoms. The maximum atomic E-state index is 15.1. The summed E-state index contributed by atoms with van der Waals surface area (Å²) in [5.41, 5.74) is 2.82. The van der Waals surface area contributed by atoms with Crippen molar-refractivity contribution in [2.45, 2.75) is 163 Å². The quantitative estimate of drug-likeness (QED) is 0.0295. The molecule has 32 nitrogen and oxygen atoms in total. The summed E-state index contributed by atoms with van der Waals surface area (Å²) in [7, 11) is 0. The van der Waals surface area contributed by atoms with E-state index in [9.17, 15) is 84.9 Å². The normalized spacial score (nSPS) is 25.9. The number of ether oxygens (including phenoxy) is 1. The topological polar surface area (TPSA) is 474 Å². The van der Waals surface area contributed by atoms with E-state index in [2.05, 4.69) is 69.3 Å². The van der Waals surface area contributed by atoms with Gasteiger partial charge in [0.1, 0.15) is 52.9 Å². The van der Waals surface area contributed by atoms with Crippen molar-refractivity contribution in [3.05, 3.63) is 77.9 Å². The lowest BCUT2D eigenvalue weighted by Crippen LogP contribution is -2.64. The highest BCUT2D eigenvalue weighted by molar-refractivity contribution is 7.17. The van der Waals surface area contributed by atoms with Crippen LogP contribution in [0.15, 0.2) is 66.7 Å². The number of hydrogen-bond acceptors (Lipinski definition) is 26. The van der Waals surface area contributed by atoms with Crippen molar-refractivity contribution < 1.29 is 94.5 Å². The van der Waals surface area contributed by atoms with Crippen molar-refractivity contribution in [3.63, 3.8) is 0 Å².